The predicted molar refractivity (Wildman–Crippen MR) is 84.7 cm³/mol. The Morgan fingerprint density at radius 2 is 2.00 bits per heavy atom. The lowest BCUT2D eigenvalue weighted by Gasteiger charge is -2.36. The third-order valence-electron chi connectivity index (χ3n) is 5.03. The fourth-order valence-corrected chi connectivity index (χ4v) is 4.61. The molecule has 4 rings (SSSR count). The third-order valence-corrected chi connectivity index (χ3v) is 5.85. The van der Waals surface area contributed by atoms with Crippen molar-refractivity contribution in [1.29, 1.82) is 0 Å². The summed E-state index contributed by atoms with van der Waals surface area (Å²) in [6.07, 6.45) is 4.68. The molecule has 1 N–H and O–H groups in total. The van der Waals surface area contributed by atoms with E-state index in [1.165, 1.54) is 24.4 Å². The number of amides is 1. The lowest BCUT2D eigenvalue weighted by molar-refractivity contribution is 0.0880. The van der Waals surface area contributed by atoms with Gasteiger partial charge in [-0.25, -0.2) is 0 Å². The molecule has 2 aromatic rings. The zero-order valence-corrected chi connectivity index (χ0v) is 12.9. The summed E-state index contributed by atoms with van der Waals surface area (Å²) >= 11 is 1.40. The highest BCUT2D eigenvalue weighted by molar-refractivity contribution is 7.13. The molecule has 0 radical (unpaired) electrons. The molecule has 2 saturated heterocycles. The second-order valence-electron chi connectivity index (χ2n) is 6.22. The second-order valence-corrected chi connectivity index (χ2v) is 7.02. The molecule has 3 heterocycles. The predicted octanol–water partition coefficient (Wildman–Crippen LogP) is 2.65. The Balaban J connectivity index is 1.51. The highest BCUT2D eigenvalue weighted by Gasteiger charge is 2.39. The number of carbonyl (C=O) groups is 1. The third kappa shape index (κ3) is 2.24. The summed E-state index contributed by atoms with van der Waals surface area (Å²) in [4.78, 5) is 15.0. The highest BCUT2D eigenvalue weighted by Crippen LogP contribution is 2.34. The highest BCUT2D eigenvalue weighted by atomic mass is 32.1. The van der Waals surface area contributed by atoms with Gasteiger partial charge in [0.25, 0.3) is 5.91 Å². The van der Waals surface area contributed by atoms with Crippen LogP contribution in [-0.4, -0.2) is 40.4 Å². The van der Waals surface area contributed by atoms with Gasteiger partial charge < -0.3 is 10.2 Å². The average Bonchev–Trinajstić information content (AvgIpc) is 2.98. The van der Waals surface area contributed by atoms with E-state index in [0.717, 1.165) is 22.9 Å². The zero-order valence-electron chi connectivity index (χ0n) is 12.1. The number of nitrogens with zero attached hydrogens (tertiary/aromatic N) is 2. The molecule has 0 saturated carbocycles. The van der Waals surface area contributed by atoms with Gasteiger partial charge in [0.15, 0.2) is 0 Å². The number of nitrogens with one attached hydrogen (secondary N) is 1. The topological polar surface area (TPSA) is 45.2 Å². The molecule has 2 aliphatic rings. The van der Waals surface area contributed by atoms with Crippen LogP contribution in [0.3, 0.4) is 0 Å². The molecular formula is C16H19N3OS. The number of hydrogen-bond acceptors (Lipinski definition) is 4. The van der Waals surface area contributed by atoms with Crippen LogP contribution >= 0.6 is 11.5 Å². The molecule has 21 heavy (non-hydrogen) atoms. The quantitative estimate of drug-likeness (QED) is 0.927. The minimum absolute atomic E-state index is 0.0126. The van der Waals surface area contributed by atoms with Gasteiger partial charge in [0.1, 0.15) is 5.69 Å². The Labute approximate surface area is 128 Å². The van der Waals surface area contributed by atoms with Crippen molar-refractivity contribution in [2.45, 2.75) is 43.8 Å². The number of carbonyl (C=O) groups excluding carboxylic acids is 1. The first-order valence-electron chi connectivity index (χ1n) is 7.59. The molecule has 2 bridgehead atoms. The lowest BCUT2D eigenvalue weighted by Crippen LogP contribution is -2.48. The number of benzene rings is 1. The van der Waals surface area contributed by atoms with Crippen molar-refractivity contribution in [2.24, 2.45) is 0 Å². The van der Waals surface area contributed by atoms with Crippen molar-refractivity contribution in [1.82, 2.24) is 14.6 Å². The van der Waals surface area contributed by atoms with Crippen molar-refractivity contribution in [3.8, 4) is 0 Å². The Morgan fingerprint density at radius 3 is 2.76 bits per heavy atom. The molecule has 2 fully saturated rings. The molecule has 4 nitrogen and oxygen atoms in total. The van der Waals surface area contributed by atoms with Crippen molar-refractivity contribution in [3.63, 3.8) is 0 Å². The van der Waals surface area contributed by atoms with Crippen LogP contribution in [-0.2, 0) is 0 Å². The van der Waals surface area contributed by atoms with Gasteiger partial charge >= 0.3 is 0 Å². The van der Waals surface area contributed by atoms with Crippen molar-refractivity contribution < 1.29 is 4.79 Å². The first kappa shape index (κ1) is 13.2. The number of rotatable bonds is 2. The molecule has 2 atom stereocenters. The summed E-state index contributed by atoms with van der Waals surface area (Å²) in [5.41, 5.74) is 0.585. The fraction of sp³-hybridized carbons (Fsp3) is 0.500. The maximum Gasteiger partial charge on any atom is 0.271 e. The Bertz CT molecular complexity index is 669. The van der Waals surface area contributed by atoms with Gasteiger partial charge in [0, 0.05) is 23.5 Å². The van der Waals surface area contributed by atoms with E-state index in [-0.39, 0.29) is 5.91 Å². The van der Waals surface area contributed by atoms with Crippen molar-refractivity contribution in [2.75, 3.05) is 7.05 Å². The maximum absolute atomic E-state index is 12.5. The lowest BCUT2D eigenvalue weighted by atomic mass is 9.98. The first-order chi connectivity index (χ1) is 10.2. The average molecular weight is 301 g/mol. The van der Waals surface area contributed by atoms with E-state index in [1.807, 2.05) is 24.3 Å². The van der Waals surface area contributed by atoms with Crippen LogP contribution in [0, 0.1) is 0 Å². The fourth-order valence-electron chi connectivity index (χ4n) is 3.83. The van der Waals surface area contributed by atoms with Gasteiger partial charge in [-0.2, -0.15) is 4.37 Å². The summed E-state index contributed by atoms with van der Waals surface area (Å²) in [6, 6.07) is 9.51. The molecule has 1 amide bonds. The maximum atomic E-state index is 12.5. The molecule has 110 valence electrons. The molecule has 5 heteroatoms. The van der Waals surface area contributed by atoms with Crippen LogP contribution < -0.4 is 5.32 Å². The molecule has 0 aliphatic carbocycles. The van der Waals surface area contributed by atoms with Gasteiger partial charge in [-0.3, -0.25) is 4.79 Å². The zero-order chi connectivity index (χ0) is 14.4. The van der Waals surface area contributed by atoms with Gasteiger partial charge in [-0.05, 0) is 50.3 Å². The molecule has 0 spiro atoms. The second kappa shape index (κ2) is 5.07. The van der Waals surface area contributed by atoms with E-state index >= 15 is 0 Å². The summed E-state index contributed by atoms with van der Waals surface area (Å²) in [6.45, 7) is 0. The van der Waals surface area contributed by atoms with E-state index < -0.39 is 0 Å². The number of fused-ring (bicyclic) bond motifs is 3. The van der Waals surface area contributed by atoms with Gasteiger partial charge in [0.2, 0.25) is 0 Å². The van der Waals surface area contributed by atoms with Crippen LogP contribution in [0.15, 0.2) is 24.3 Å². The Kier molecular flexibility index (Phi) is 3.19. The standard InChI is InChI=1S/C16H19N3OS/c1-19-11-6-7-12(19)9-10(8-11)17-16(20)15-13-4-2-3-5-14(13)21-18-15/h2-5,10-12H,6-9H2,1H3,(H,17,20). The minimum Gasteiger partial charge on any atom is -0.348 e. The van der Waals surface area contributed by atoms with Crippen LogP contribution in [0.5, 0.6) is 0 Å². The molecule has 1 aromatic heterocycles. The Hall–Kier alpha value is -1.46. The van der Waals surface area contributed by atoms with Crippen molar-refractivity contribution >= 4 is 27.5 Å². The SMILES string of the molecule is CN1C2CCC1CC(NC(=O)c1nsc3ccccc13)C2. The van der Waals surface area contributed by atoms with Gasteiger partial charge in [-0.15, -0.1) is 0 Å². The van der Waals surface area contributed by atoms with E-state index in [9.17, 15) is 4.79 Å². The molecule has 2 aliphatic heterocycles. The van der Waals surface area contributed by atoms with Crippen LogP contribution in [0.25, 0.3) is 10.1 Å². The summed E-state index contributed by atoms with van der Waals surface area (Å²) < 4.78 is 5.42. The number of piperidine rings is 1. The normalized spacial score (nSPS) is 28.9. The smallest absolute Gasteiger partial charge is 0.271 e. The molecule has 2 unspecified atom stereocenters. The largest absolute Gasteiger partial charge is 0.348 e. The van der Waals surface area contributed by atoms with E-state index in [4.69, 9.17) is 0 Å². The van der Waals surface area contributed by atoms with Crippen molar-refractivity contribution in [3.05, 3.63) is 30.0 Å². The number of hydrogen-bond donors (Lipinski definition) is 1. The molecule has 1 aromatic carbocycles. The van der Waals surface area contributed by atoms with Crippen LogP contribution in [0.4, 0.5) is 0 Å². The molecular weight excluding hydrogens is 282 g/mol. The van der Waals surface area contributed by atoms with Crippen LogP contribution in [0.2, 0.25) is 0 Å². The summed E-state index contributed by atoms with van der Waals surface area (Å²) in [5.74, 6) is -0.0126. The van der Waals surface area contributed by atoms with E-state index in [1.54, 1.807) is 0 Å². The van der Waals surface area contributed by atoms with Gasteiger partial charge in [0.05, 0.1) is 4.70 Å². The summed E-state index contributed by atoms with van der Waals surface area (Å²) in [5, 5.41) is 4.18. The first-order valence-corrected chi connectivity index (χ1v) is 8.37. The van der Waals surface area contributed by atoms with E-state index in [2.05, 4.69) is 21.6 Å². The van der Waals surface area contributed by atoms with E-state index in [0.29, 0.717) is 23.8 Å². The monoisotopic (exact) mass is 301 g/mol. The minimum atomic E-state index is -0.0126. The Morgan fingerprint density at radius 1 is 1.29 bits per heavy atom. The number of aromatic nitrogens is 1. The summed E-state index contributed by atoms with van der Waals surface area (Å²) in [7, 11) is 2.22. The van der Waals surface area contributed by atoms with Crippen LogP contribution in [0.1, 0.15) is 36.2 Å². The van der Waals surface area contributed by atoms with Gasteiger partial charge in [-0.1, -0.05) is 18.2 Å².